The first-order valence-corrected chi connectivity index (χ1v) is 8.87. The first-order valence-electron chi connectivity index (χ1n) is 8.87. The molecule has 1 saturated heterocycles. The van der Waals surface area contributed by atoms with Gasteiger partial charge < -0.3 is 20.7 Å². The fourth-order valence-electron chi connectivity index (χ4n) is 2.99. The highest BCUT2D eigenvalue weighted by Gasteiger charge is 2.34. The maximum Gasteiger partial charge on any atom is 0.254 e. The maximum absolute atomic E-state index is 13.2. The van der Waals surface area contributed by atoms with E-state index in [0.717, 1.165) is 6.42 Å². The lowest BCUT2D eigenvalue weighted by Gasteiger charge is -2.35. The third-order valence-electron chi connectivity index (χ3n) is 4.38. The molecule has 0 bridgehead atoms. The van der Waals surface area contributed by atoms with Crippen molar-refractivity contribution in [2.24, 2.45) is 5.73 Å². The van der Waals surface area contributed by atoms with Crippen molar-refractivity contribution in [3.63, 3.8) is 0 Å². The van der Waals surface area contributed by atoms with Gasteiger partial charge in [0.05, 0.1) is 6.61 Å². The average molecular weight is 371 g/mol. The number of benzene rings is 2. The van der Waals surface area contributed by atoms with Crippen molar-refractivity contribution in [3.8, 4) is 5.75 Å². The van der Waals surface area contributed by atoms with E-state index in [0.29, 0.717) is 43.1 Å². The van der Waals surface area contributed by atoms with Crippen molar-refractivity contribution in [1.29, 1.82) is 0 Å². The number of halogens is 1. The van der Waals surface area contributed by atoms with Crippen LogP contribution in [0.5, 0.6) is 5.75 Å². The highest BCUT2D eigenvalue weighted by Crippen LogP contribution is 2.26. The summed E-state index contributed by atoms with van der Waals surface area (Å²) in [6, 6.07) is 11.6. The van der Waals surface area contributed by atoms with Gasteiger partial charge in [0.25, 0.3) is 5.91 Å². The van der Waals surface area contributed by atoms with Gasteiger partial charge in [-0.2, -0.15) is 0 Å². The highest BCUT2D eigenvalue weighted by atomic mass is 19.1. The number of hydrogen-bond donors (Lipinski definition) is 2. The topological polar surface area (TPSA) is 84.7 Å². The molecule has 0 aromatic heterocycles. The molecule has 1 fully saturated rings. The van der Waals surface area contributed by atoms with Crippen molar-refractivity contribution in [3.05, 3.63) is 65.5 Å². The lowest BCUT2D eigenvalue weighted by Crippen LogP contribution is -2.52. The molecule has 1 heterocycles. The molecular weight excluding hydrogens is 349 g/mol. The van der Waals surface area contributed by atoms with Crippen molar-refractivity contribution in [2.75, 3.05) is 26.2 Å². The van der Waals surface area contributed by atoms with Gasteiger partial charge in [0, 0.05) is 18.7 Å². The van der Waals surface area contributed by atoms with Crippen LogP contribution < -0.4 is 15.8 Å². The number of amides is 2. The van der Waals surface area contributed by atoms with Gasteiger partial charge in [-0.15, -0.1) is 0 Å². The summed E-state index contributed by atoms with van der Waals surface area (Å²) >= 11 is 0. The smallest absolute Gasteiger partial charge is 0.254 e. The second-order valence-corrected chi connectivity index (χ2v) is 6.26. The molecular formula is C20H22FN3O3. The molecule has 2 aromatic rings. The number of ether oxygens (including phenoxy) is 1. The fraction of sp³-hybridized carbons (Fsp3) is 0.300. The molecule has 1 unspecified atom stereocenters. The number of piperazine rings is 1. The summed E-state index contributed by atoms with van der Waals surface area (Å²) in [4.78, 5) is 26.9. The van der Waals surface area contributed by atoms with Crippen LogP contribution in [0.25, 0.3) is 0 Å². The molecule has 1 aliphatic heterocycles. The number of rotatable bonds is 6. The third kappa shape index (κ3) is 4.43. The van der Waals surface area contributed by atoms with Gasteiger partial charge in [0.2, 0.25) is 5.91 Å². The summed E-state index contributed by atoms with van der Waals surface area (Å²) < 4.78 is 18.8. The van der Waals surface area contributed by atoms with Crippen LogP contribution in [0, 0.1) is 5.82 Å². The number of hydrogen-bond acceptors (Lipinski definition) is 4. The Labute approximate surface area is 157 Å². The molecule has 2 amide bonds. The van der Waals surface area contributed by atoms with Crippen LogP contribution in [-0.2, 0) is 4.79 Å². The Morgan fingerprint density at radius 2 is 1.89 bits per heavy atom. The molecule has 0 spiro atoms. The summed E-state index contributed by atoms with van der Waals surface area (Å²) in [5, 5.41) is 2.76. The molecule has 0 saturated carbocycles. The monoisotopic (exact) mass is 371 g/mol. The molecule has 0 radical (unpaired) electrons. The van der Waals surface area contributed by atoms with Crippen LogP contribution in [0.3, 0.4) is 0 Å². The summed E-state index contributed by atoms with van der Waals surface area (Å²) in [6.45, 7) is 1.82. The van der Waals surface area contributed by atoms with E-state index in [1.54, 1.807) is 24.3 Å². The van der Waals surface area contributed by atoms with Gasteiger partial charge in [0.15, 0.2) is 0 Å². The quantitative estimate of drug-likeness (QED) is 0.759. The Kier molecular flexibility index (Phi) is 6.03. The van der Waals surface area contributed by atoms with Crippen LogP contribution in [0.4, 0.5) is 4.39 Å². The summed E-state index contributed by atoms with van der Waals surface area (Å²) in [5.41, 5.74) is 6.47. The van der Waals surface area contributed by atoms with E-state index in [9.17, 15) is 14.0 Å². The highest BCUT2D eigenvalue weighted by molar-refractivity contribution is 5.98. The number of nitrogens with zero attached hydrogens (tertiary/aromatic N) is 1. The molecule has 1 aliphatic rings. The van der Waals surface area contributed by atoms with Gasteiger partial charge in [-0.3, -0.25) is 9.59 Å². The van der Waals surface area contributed by atoms with Crippen LogP contribution in [0.15, 0.2) is 48.5 Å². The average Bonchev–Trinajstić information content (AvgIpc) is 2.69. The van der Waals surface area contributed by atoms with E-state index in [2.05, 4.69) is 5.32 Å². The molecule has 2 aromatic carbocycles. The van der Waals surface area contributed by atoms with Gasteiger partial charge in [0.1, 0.15) is 17.6 Å². The summed E-state index contributed by atoms with van der Waals surface area (Å²) in [6.07, 6.45) is 0.753. The van der Waals surface area contributed by atoms with Crippen molar-refractivity contribution in [1.82, 2.24) is 10.2 Å². The second-order valence-electron chi connectivity index (χ2n) is 6.26. The first-order chi connectivity index (χ1) is 13.1. The van der Waals surface area contributed by atoms with Gasteiger partial charge in [-0.1, -0.05) is 12.1 Å². The Hall–Kier alpha value is -2.93. The fourth-order valence-corrected chi connectivity index (χ4v) is 2.99. The first kappa shape index (κ1) is 18.8. The van der Waals surface area contributed by atoms with E-state index < -0.39 is 11.9 Å². The van der Waals surface area contributed by atoms with E-state index in [4.69, 9.17) is 10.5 Å². The zero-order valence-corrected chi connectivity index (χ0v) is 14.9. The zero-order chi connectivity index (χ0) is 19.2. The molecule has 6 nitrogen and oxygen atoms in total. The Bertz CT molecular complexity index is 793. The summed E-state index contributed by atoms with van der Waals surface area (Å²) in [7, 11) is 0. The van der Waals surface area contributed by atoms with Crippen LogP contribution in [0.2, 0.25) is 0 Å². The Morgan fingerprint density at radius 3 is 2.56 bits per heavy atom. The molecule has 7 heteroatoms. The predicted molar refractivity (Wildman–Crippen MR) is 98.8 cm³/mol. The lowest BCUT2D eigenvalue weighted by atomic mass is 10.0. The van der Waals surface area contributed by atoms with E-state index >= 15 is 0 Å². The van der Waals surface area contributed by atoms with Gasteiger partial charge in [-0.05, 0) is 54.9 Å². The predicted octanol–water partition coefficient (Wildman–Crippen LogP) is 1.87. The largest absolute Gasteiger partial charge is 0.494 e. The third-order valence-corrected chi connectivity index (χ3v) is 4.38. The summed E-state index contributed by atoms with van der Waals surface area (Å²) in [5.74, 6) is -0.264. The van der Waals surface area contributed by atoms with Crippen LogP contribution in [-0.4, -0.2) is 43.0 Å². The normalized spacial score (nSPS) is 16.7. The van der Waals surface area contributed by atoms with Crippen LogP contribution in [0.1, 0.15) is 28.4 Å². The number of nitrogens with one attached hydrogen (secondary N) is 1. The standard InChI is InChI=1S/C20H22FN3O3/c21-16-6-2-14(3-7-16)18-19(25)23-11-12-24(18)20(26)15-4-8-17(9-5-15)27-13-1-10-22/h2-9,18H,1,10-13,22H2,(H,23,25). The second kappa shape index (κ2) is 8.64. The minimum atomic E-state index is -0.785. The van der Waals surface area contributed by atoms with Gasteiger partial charge in [-0.25, -0.2) is 4.39 Å². The SMILES string of the molecule is NCCCOc1ccc(C(=O)N2CCNC(=O)C2c2ccc(F)cc2)cc1. The minimum absolute atomic E-state index is 0.257. The zero-order valence-electron chi connectivity index (χ0n) is 14.9. The van der Waals surface area contributed by atoms with Crippen molar-refractivity contribution >= 4 is 11.8 Å². The number of carbonyl (C=O) groups is 2. The van der Waals surface area contributed by atoms with Crippen molar-refractivity contribution < 1.29 is 18.7 Å². The maximum atomic E-state index is 13.2. The molecule has 27 heavy (non-hydrogen) atoms. The molecule has 0 aliphatic carbocycles. The minimum Gasteiger partial charge on any atom is -0.494 e. The molecule has 3 rings (SSSR count). The molecule has 142 valence electrons. The van der Waals surface area contributed by atoms with Crippen molar-refractivity contribution in [2.45, 2.75) is 12.5 Å². The number of carbonyl (C=O) groups excluding carboxylic acids is 2. The van der Waals surface area contributed by atoms with E-state index in [1.165, 1.54) is 29.2 Å². The Balaban J connectivity index is 1.78. The number of nitrogens with two attached hydrogens (primary N) is 1. The lowest BCUT2D eigenvalue weighted by molar-refractivity contribution is -0.128. The molecule has 3 N–H and O–H groups in total. The van der Waals surface area contributed by atoms with Crippen LogP contribution >= 0.6 is 0 Å². The van der Waals surface area contributed by atoms with E-state index in [-0.39, 0.29) is 11.8 Å². The molecule has 1 atom stereocenters. The van der Waals surface area contributed by atoms with E-state index in [1.807, 2.05) is 0 Å². The Morgan fingerprint density at radius 1 is 1.19 bits per heavy atom. The van der Waals surface area contributed by atoms with Gasteiger partial charge >= 0.3 is 0 Å².